The lowest BCUT2D eigenvalue weighted by molar-refractivity contribution is -0.390. The maximum Gasteiger partial charge on any atom is 0.324 e. The quantitative estimate of drug-likeness (QED) is 0.607. The molecule has 0 N–H and O–H groups in total. The molecule has 0 aliphatic heterocycles. The van der Waals surface area contributed by atoms with E-state index in [9.17, 15) is 22.9 Å². The SMILES string of the molecule is CC(CC#N)N(C)S(=O)(=O)c1cccc(F)c1[N+](=O)[O-]. The minimum atomic E-state index is -4.26. The predicted octanol–water partition coefficient (Wildman–Crippen LogP) is 1.66. The summed E-state index contributed by atoms with van der Waals surface area (Å²) in [4.78, 5) is 9.03. The van der Waals surface area contributed by atoms with Gasteiger partial charge in [-0.05, 0) is 19.1 Å². The molecule has 108 valence electrons. The number of benzene rings is 1. The van der Waals surface area contributed by atoms with Gasteiger partial charge in [-0.25, -0.2) is 8.42 Å². The van der Waals surface area contributed by atoms with Gasteiger partial charge >= 0.3 is 5.69 Å². The Bertz CT molecular complexity index is 669. The second-order valence-corrected chi connectivity index (χ2v) is 6.04. The van der Waals surface area contributed by atoms with Crippen molar-refractivity contribution in [3.8, 4) is 6.07 Å². The van der Waals surface area contributed by atoms with Crippen LogP contribution in [0.2, 0.25) is 0 Å². The molecule has 7 nitrogen and oxygen atoms in total. The zero-order valence-electron chi connectivity index (χ0n) is 10.8. The predicted molar refractivity (Wildman–Crippen MR) is 67.7 cm³/mol. The van der Waals surface area contributed by atoms with Crippen LogP contribution < -0.4 is 0 Å². The van der Waals surface area contributed by atoms with E-state index in [4.69, 9.17) is 5.26 Å². The van der Waals surface area contributed by atoms with Gasteiger partial charge in [0.05, 0.1) is 17.4 Å². The highest BCUT2D eigenvalue weighted by Gasteiger charge is 2.34. The molecule has 0 bridgehead atoms. The van der Waals surface area contributed by atoms with E-state index in [1.165, 1.54) is 14.0 Å². The summed E-state index contributed by atoms with van der Waals surface area (Å²) in [5, 5.41) is 19.4. The number of hydrogen-bond donors (Lipinski definition) is 0. The average molecular weight is 301 g/mol. The van der Waals surface area contributed by atoms with E-state index >= 15 is 0 Å². The first-order chi connectivity index (χ1) is 9.23. The van der Waals surface area contributed by atoms with Crippen LogP contribution in [0.15, 0.2) is 23.1 Å². The largest absolute Gasteiger partial charge is 0.324 e. The number of hydrogen-bond acceptors (Lipinski definition) is 5. The molecule has 0 saturated carbocycles. The van der Waals surface area contributed by atoms with Gasteiger partial charge in [0.15, 0.2) is 4.90 Å². The first-order valence-electron chi connectivity index (χ1n) is 5.51. The molecule has 1 atom stereocenters. The smallest absolute Gasteiger partial charge is 0.258 e. The fourth-order valence-corrected chi connectivity index (χ4v) is 3.06. The lowest BCUT2D eigenvalue weighted by Crippen LogP contribution is -2.35. The second kappa shape index (κ2) is 5.94. The van der Waals surface area contributed by atoms with Crippen molar-refractivity contribution in [1.29, 1.82) is 5.26 Å². The number of nitro groups is 1. The number of para-hydroxylation sites is 1. The van der Waals surface area contributed by atoms with Crippen LogP contribution in [0.3, 0.4) is 0 Å². The monoisotopic (exact) mass is 301 g/mol. The van der Waals surface area contributed by atoms with Gasteiger partial charge in [-0.1, -0.05) is 6.07 Å². The van der Waals surface area contributed by atoms with Gasteiger partial charge in [0.2, 0.25) is 15.8 Å². The van der Waals surface area contributed by atoms with E-state index in [0.29, 0.717) is 0 Å². The van der Waals surface area contributed by atoms with Crippen LogP contribution in [-0.2, 0) is 10.0 Å². The molecule has 0 aliphatic rings. The number of nitriles is 1. The van der Waals surface area contributed by atoms with Crippen molar-refractivity contribution in [2.45, 2.75) is 24.3 Å². The number of nitro benzene ring substituents is 1. The molecular weight excluding hydrogens is 289 g/mol. The van der Waals surface area contributed by atoms with Gasteiger partial charge < -0.3 is 0 Å². The highest BCUT2D eigenvalue weighted by molar-refractivity contribution is 7.89. The normalized spacial score (nSPS) is 12.9. The maximum absolute atomic E-state index is 13.5. The Balaban J connectivity index is 3.41. The summed E-state index contributed by atoms with van der Waals surface area (Å²) in [6, 6.07) is 3.98. The second-order valence-electron chi connectivity index (χ2n) is 4.08. The fourth-order valence-electron chi connectivity index (χ4n) is 1.53. The molecule has 0 aliphatic carbocycles. The first-order valence-corrected chi connectivity index (χ1v) is 6.95. The van der Waals surface area contributed by atoms with Crippen molar-refractivity contribution in [1.82, 2.24) is 4.31 Å². The number of halogens is 1. The Labute approximate surface area is 115 Å². The fraction of sp³-hybridized carbons (Fsp3) is 0.364. The molecule has 0 fully saturated rings. The van der Waals surface area contributed by atoms with Crippen molar-refractivity contribution in [3.63, 3.8) is 0 Å². The Morgan fingerprint density at radius 2 is 2.15 bits per heavy atom. The molecule has 0 radical (unpaired) electrons. The summed E-state index contributed by atoms with van der Waals surface area (Å²) in [6.07, 6.45) is -0.0845. The molecule has 1 rings (SSSR count). The van der Waals surface area contributed by atoms with E-state index in [0.717, 1.165) is 22.5 Å². The van der Waals surface area contributed by atoms with E-state index in [1.807, 2.05) is 0 Å². The number of rotatable bonds is 5. The molecule has 1 unspecified atom stereocenters. The number of sulfonamides is 1. The summed E-state index contributed by atoms with van der Waals surface area (Å²) in [5.41, 5.74) is -1.09. The zero-order chi connectivity index (χ0) is 15.5. The molecule has 0 amide bonds. The van der Waals surface area contributed by atoms with Gasteiger partial charge in [-0.15, -0.1) is 0 Å². The van der Waals surface area contributed by atoms with E-state index < -0.39 is 37.4 Å². The highest BCUT2D eigenvalue weighted by atomic mass is 32.2. The molecule has 0 spiro atoms. The van der Waals surface area contributed by atoms with Crippen LogP contribution in [-0.4, -0.2) is 30.7 Å². The topological polar surface area (TPSA) is 104 Å². The summed E-state index contributed by atoms with van der Waals surface area (Å²) >= 11 is 0. The van der Waals surface area contributed by atoms with Crippen molar-refractivity contribution in [3.05, 3.63) is 34.1 Å². The minimum absolute atomic E-state index is 0.0845. The molecule has 1 aromatic rings. The van der Waals surface area contributed by atoms with Gasteiger partial charge in [-0.3, -0.25) is 10.1 Å². The minimum Gasteiger partial charge on any atom is -0.258 e. The highest BCUT2D eigenvalue weighted by Crippen LogP contribution is 2.29. The molecule has 9 heteroatoms. The summed E-state index contributed by atoms with van der Waals surface area (Å²) < 4.78 is 38.8. The summed E-state index contributed by atoms with van der Waals surface area (Å²) in [6.45, 7) is 1.48. The Kier molecular flexibility index (Phi) is 4.75. The zero-order valence-corrected chi connectivity index (χ0v) is 11.6. The van der Waals surface area contributed by atoms with Crippen molar-refractivity contribution in [2.75, 3.05) is 7.05 Å². The van der Waals surface area contributed by atoms with Crippen LogP contribution >= 0.6 is 0 Å². The van der Waals surface area contributed by atoms with Crippen molar-refractivity contribution >= 4 is 15.7 Å². The standard InChI is InChI=1S/C11H12FN3O4S/c1-8(6-7-13)14(2)20(18,19)10-5-3-4-9(12)11(10)15(16)17/h3-5,8H,6H2,1-2H3. The molecular formula is C11H12FN3O4S. The van der Waals surface area contributed by atoms with Crippen LogP contribution in [0.1, 0.15) is 13.3 Å². The lowest BCUT2D eigenvalue weighted by Gasteiger charge is -2.22. The van der Waals surface area contributed by atoms with Crippen molar-refractivity contribution in [2.24, 2.45) is 0 Å². The van der Waals surface area contributed by atoms with Gasteiger partial charge in [0.25, 0.3) is 0 Å². The molecule has 20 heavy (non-hydrogen) atoms. The van der Waals surface area contributed by atoms with E-state index in [2.05, 4.69) is 0 Å². The van der Waals surface area contributed by atoms with E-state index in [-0.39, 0.29) is 6.42 Å². The number of nitrogens with zero attached hydrogens (tertiary/aromatic N) is 3. The summed E-state index contributed by atoms with van der Waals surface area (Å²) in [5.74, 6) is -1.22. The molecule has 0 aromatic heterocycles. The molecule has 0 heterocycles. The van der Waals surface area contributed by atoms with Gasteiger partial charge in [0, 0.05) is 13.1 Å². The van der Waals surface area contributed by atoms with Crippen LogP contribution in [0.5, 0.6) is 0 Å². The average Bonchev–Trinajstić information content (AvgIpc) is 2.37. The maximum atomic E-state index is 13.5. The Morgan fingerprint density at radius 3 is 2.65 bits per heavy atom. The van der Waals surface area contributed by atoms with Crippen molar-refractivity contribution < 1.29 is 17.7 Å². The van der Waals surface area contributed by atoms with Crippen LogP contribution in [0.4, 0.5) is 10.1 Å². The van der Waals surface area contributed by atoms with Crippen LogP contribution in [0.25, 0.3) is 0 Å². The van der Waals surface area contributed by atoms with Gasteiger partial charge in [-0.2, -0.15) is 14.0 Å². The summed E-state index contributed by atoms with van der Waals surface area (Å²) in [7, 11) is -3.07. The Hall–Kier alpha value is -2.05. The van der Waals surface area contributed by atoms with E-state index in [1.54, 1.807) is 6.07 Å². The molecule has 1 aromatic carbocycles. The molecule has 0 saturated heterocycles. The lowest BCUT2D eigenvalue weighted by atomic mass is 10.3. The third-order valence-electron chi connectivity index (χ3n) is 2.80. The Morgan fingerprint density at radius 1 is 1.55 bits per heavy atom. The van der Waals surface area contributed by atoms with Gasteiger partial charge in [0.1, 0.15) is 0 Å². The van der Waals surface area contributed by atoms with Crippen LogP contribution in [0, 0.1) is 27.3 Å². The first kappa shape index (κ1) is 16.0. The third kappa shape index (κ3) is 2.92. The third-order valence-corrected chi connectivity index (χ3v) is 4.80.